The van der Waals surface area contributed by atoms with E-state index in [1.807, 2.05) is 38.2 Å². The first-order valence-electron chi connectivity index (χ1n) is 7.58. The fourth-order valence-electron chi connectivity index (χ4n) is 2.66. The number of carbonyl (C=O) groups is 1. The molecule has 1 aromatic carbocycles. The van der Waals surface area contributed by atoms with Crippen molar-refractivity contribution >= 4 is 16.8 Å². The molecule has 0 aliphatic carbocycles. The number of ether oxygens (including phenoxy) is 1. The molecule has 0 bridgehead atoms. The molecule has 0 radical (unpaired) electrons. The largest absolute Gasteiger partial charge is 0.496 e. The summed E-state index contributed by atoms with van der Waals surface area (Å²) in [5, 5.41) is 13.1. The number of methoxy groups -OCH3 is 1. The Balaban J connectivity index is 2.19. The lowest BCUT2D eigenvalue weighted by Gasteiger charge is -2.29. The molecule has 0 saturated heterocycles. The molecule has 1 unspecified atom stereocenters. The molecule has 0 fully saturated rings. The Hall–Kier alpha value is -2.01. The number of aromatic amines is 1. The Morgan fingerprint density at radius 3 is 2.86 bits per heavy atom. The van der Waals surface area contributed by atoms with Crippen LogP contribution in [0.2, 0.25) is 0 Å². The summed E-state index contributed by atoms with van der Waals surface area (Å²) in [5.41, 5.74) is 1.49. The average molecular weight is 304 g/mol. The van der Waals surface area contributed by atoms with Crippen LogP contribution < -0.4 is 10.1 Å². The number of hydrogen-bond acceptors (Lipinski definition) is 3. The second-order valence-corrected chi connectivity index (χ2v) is 5.81. The average Bonchev–Trinajstić information content (AvgIpc) is 2.90. The first-order valence-corrected chi connectivity index (χ1v) is 7.58. The van der Waals surface area contributed by atoms with Gasteiger partial charge in [0.2, 0.25) is 5.91 Å². The number of benzene rings is 1. The van der Waals surface area contributed by atoms with Crippen molar-refractivity contribution in [1.29, 1.82) is 0 Å². The maximum atomic E-state index is 12.4. The van der Waals surface area contributed by atoms with Gasteiger partial charge in [-0.2, -0.15) is 0 Å². The molecule has 2 aromatic rings. The van der Waals surface area contributed by atoms with E-state index < -0.39 is 0 Å². The summed E-state index contributed by atoms with van der Waals surface area (Å²) in [6.45, 7) is 4.02. The van der Waals surface area contributed by atoms with Gasteiger partial charge < -0.3 is 20.1 Å². The fourth-order valence-corrected chi connectivity index (χ4v) is 2.66. The smallest absolute Gasteiger partial charge is 0.224 e. The Morgan fingerprint density at radius 2 is 2.23 bits per heavy atom. The Bertz CT molecular complexity index is 650. The van der Waals surface area contributed by atoms with Crippen LogP contribution in [0.15, 0.2) is 24.4 Å². The van der Waals surface area contributed by atoms with E-state index in [1.165, 1.54) is 0 Å². The van der Waals surface area contributed by atoms with Crippen molar-refractivity contribution in [2.75, 3.05) is 13.7 Å². The third kappa shape index (κ3) is 3.42. The predicted octanol–water partition coefficient (Wildman–Crippen LogP) is 2.39. The van der Waals surface area contributed by atoms with Gasteiger partial charge in [-0.25, -0.2) is 0 Å². The highest BCUT2D eigenvalue weighted by Crippen LogP contribution is 2.29. The van der Waals surface area contributed by atoms with Gasteiger partial charge in [0.1, 0.15) is 5.75 Å². The van der Waals surface area contributed by atoms with Crippen molar-refractivity contribution in [2.24, 2.45) is 0 Å². The topological polar surface area (TPSA) is 74.4 Å². The highest BCUT2D eigenvalue weighted by Gasteiger charge is 2.24. The van der Waals surface area contributed by atoms with Gasteiger partial charge in [0.15, 0.2) is 0 Å². The lowest BCUT2D eigenvalue weighted by molar-refractivity contribution is -0.122. The minimum atomic E-state index is -0.373. The van der Waals surface area contributed by atoms with Crippen LogP contribution in [0, 0.1) is 0 Å². The second kappa shape index (κ2) is 6.83. The van der Waals surface area contributed by atoms with Gasteiger partial charge in [-0.3, -0.25) is 4.79 Å². The van der Waals surface area contributed by atoms with Crippen molar-refractivity contribution in [3.63, 3.8) is 0 Å². The van der Waals surface area contributed by atoms with Gasteiger partial charge in [0.05, 0.1) is 13.5 Å². The lowest BCUT2D eigenvalue weighted by Crippen LogP contribution is -2.46. The molecule has 1 aromatic heterocycles. The molecular formula is C17H24N2O3. The number of nitrogens with one attached hydrogen (secondary N) is 2. The Kier molecular flexibility index (Phi) is 5.08. The molecular weight excluding hydrogens is 280 g/mol. The van der Waals surface area contributed by atoms with E-state index in [2.05, 4.69) is 10.3 Å². The standard InChI is InChI=1S/C17H24N2O3/c1-4-17(2,8-9-20)19-15(21)10-12-11-18-13-6-5-7-14(22-3)16(12)13/h5-7,11,18,20H,4,8-10H2,1-3H3,(H,19,21). The summed E-state index contributed by atoms with van der Waals surface area (Å²) in [7, 11) is 1.63. The van der Waals surface area contributed by atoms with E-state index in [1.54, 1.807) is 7.11 Å². The zero-order chi connectivity index (χ0) is 16.2. The summed E-state index contributed by atoms with van der Waals surface area (Å²) in [6.07, 6.45) is 3.45. The molecule has 22 heavy (non-hydrogen) atoms. The van der Waals surface area contributed by atoms with Crippen molar-refractivity contribution in [1.82, 2.24) is 10.3 Å². The second-order valence-electron chi connectivity index (χ2n) is 5.81. The summed E-state index contributed by atoms with van der Waals surface area (Å²) in [4.78, 5) is 15.5. The normalized spacial score (nSPS) is 13.8. The summed E-state index contributed by atoms with van der Waals surface area (Å²) >= 11 is 0. The van der Waals surface area contributed by atoms with E-state index in [0.717, 1.165) is 28.6 Å². The quantitative estimate of drug-likeness (QED) is 0.735. The molecule has 1 amide bonds. The third-order valence-electron chi connectivity index (χ3n) is 4.21. The molecule has 1 atom stereocenters. The molecule has 0 saturated carbocycles. The van der Waals surface area contributed by atoms with Crippen LogP contribution in [0.25, 0.3) is 10.9 Å². The minimum Gasteiger partial charge on any atom is -0.496 e. The molecule has 0 spiro atoms. The molecule has 1 heterocycles. The monoisotopic (exact) mass is 304 g/mol. The van der Waals surface area contributed by atoms with Crippen LogP contribution in [-0.4, -0.2) is 35.3 Å². The number of rotatable bonds is 7. The number of amides is 1. The lowest BCUT2D eigenvalue weighted by atomic mass is 9.94. The van der Waals surface area contributed by atoms with Gasteiger partial charge in [-0.15, -0.1) is 0 Å². The maximum absolute atomic E-state index is 12.4. The highest BCUT2D eigenvalue weighted by molar-refractivity contribution is 5.93. The van der Waals surface area contributed by atoms with E-state index in [4.69, 9.17) is 9.84 Å². The number of hydrogen-bond donors (Lipinski definition) is 3. The first kappa shape index (κ1) is 16.4. The summed E-state index contributed by atoms with van der Waals surface area (Å²) in [6, 6.07) is 5.76. The summed E-state index contributed by atoms with van der Waals surface area (Å²) < 4.78 is 5.38. The molecule has 5 heteroatoms. The van der Waals surface area contributed by atoms with E-state index >= 15 is 0 Å². The third-order valence-corrected chi connectivity index (χ3v) is 4.21. The Morgan fingerprint density at radius 1 is 1.45 bits per heavy atom. The number of carbonyl (C=O) groups excluding carboxylic acids is 1. The van der Waals surface area contributed by atoms with Gasteiger partial charge in [0.25, 0.3) is 0 Å². The van der Waals surface area contributed by atoms with E-state index in [-0.39, 0.29) is 24.5 Å². The van der Waals surface area contributed by atoms with E-state index in [9.17, 15) is 4.79 Å². The number of fused-ring (bicyclic) bond motifs is 1. The van der Waals surface area contributed by atoms with Gasteiger partial charge in [0, 0.05) is 29.2 Å². The van der Waals surface area contributed by atoms with Gasteiger partial charge in [-0.1, -0.05) is 13.0 Å². The van der Waals surface area contributed by atoms with Crippen LogP contribution in [0.5, 0.6) is 5.75 Å². The van der Waals surface area contributed by atoms with Crippen LogP contribution in [-0.2, 0) is 11.2 Å². The zero-order valence-electron chi connectivity index (χ0n) is 13.4. The van der Waals surface area contributed by atoms with Crippen LogP contribution >= 0.6 is 0 Å². The van der Waals surface area contributed by atoms with Crippen molar-refractivity contribution < 1.29 is 14.6 Å². The van der Waals surface area contributed by atoms with Crippen molar-refractivity contribution in [3.8, 4) is 5.75 Å². The van der Waals surface area contributed by atoms with Gasteiger partial charge >= 0.3 is 0 Å². The van der Waals surface area contributed by atoms with E-state index in [0.29, 0.717) is 6.42 Å². The Labute approximate surface area is 130 Å². The van der Waals surface area contributed by atoms with Crippen molar-refractivity contribution in [3.05, 3.63) is 30.0 Å². The maximum Gasteiger partial charge on any atom is 0.224 e. The molecule has 3 N–H and O–H groups in total. The highest BCUT2D eigenvalue weighted by atomic mass is 16.5. The van der Waals surface area contributed by atoms with Crippen molar-refractivity contribution in [2.45, 2.75) is 38.6 Å². The predicted molar refractivity (Wildman–Crippen MR) is 87.1 cm³/mol. The molecule has 5 nitrogen and oxygen atoms in total. The molecule has 0 aliphatic heterocycles. The number of aliphatic hydroxyl groups excluding tert-OH is 1. The van der Waals surface area contributed by atoms with Gasteiger partial charge in [-0.05, 0) is 37.5 Å². The minimum absolute atomic E-state index is 0.0513. The molecule has 0 aliphatic rings. The van der Waals surface area contributed by atoms with Crippen LogP contribution in [0.3, 0.4) is 0 Å². The first-order chi connectivity index (χ1) is 10.5. The van der Waals surface area contributed by atoms with Crippen LogP contribution in [0.1, 0.15) is 32.3 Å². The summed E-state index contributed by atoms with van der Waals surface area (Å²) in [5.74, 6) is 0.708. The molecule has 2 rings (SSSR count). The SMILES string of the molecule is CCC(C)(CCO)NC(=O)Cc1c[nH]c2cccc(OC)c12. The number of aromatic nitrogens is 1. The number of aliphatic hydroxyl groups is 1. The molecule has 120 valence electrons. The number of H-pyrrole nitrogens is 1. The fraction of sp³-hybridized carbons (Fsp3) is 0.471. The zero-order valence-corrected chi connectivity index (χ0v) is 13.4. The van der Waals surface area contributed by atoms with Crippen LogP contribution in [0.4, 0.5) is 0 Å².